The van der Waals surface area contributed by atoms with Gasteiger partial charge in [-0.2, -0.15) is 0 Å². The van der Waals surface area contributed by atoms with Crippen molar-refractivity contribution >= 4 is 34.3 Å². The van der Waals surface area contributed by atoms with Crippen LogP contribution in [-0.4, -0.2) is 16.8 Å². The highest BCUT2D eigenvalue weighted by Gasteiger charge is 2.22. The maximum Gasteiger partial charge on any atom is 0.279 e. The summed E-state index contributed by atoms with van der Waals surface area (Å²) in [5.41, 5.74) is 7.77. The third-order valence-corrected chi connectivity index (χ3v) is 6.44. The number of carbonyl (C=O) groups excluding carboxylic acids is 2. The number of hydrogen-bond donors (Lipinski definition) is 2. The first kappa shape index (κ1) is 18.7. The van der Waals surface area contributed by atoms with E-state index in [0.29, 0.717) is 28.7 Å². The molecule has 0 aliphatic heterocycles. The molecule has 4 rings (SSSR count). The topological polar surface area (TPSA) is 84.2 Å². The average molecular weight is 398 g/mol. The second-order valence-electron chi connectivity index (χ2n) is 7.15. The van der Waals surface area contributed by atoms with E-state index in [1.54, 1.807) is 0 Å². The molecule has 7 heteroatoms. The molecule has 0 unspecified atom stereocenters. The number of aryl methyl sites for hydroxylation is 2. The third kappa shape index (κ3) is 4.09. The number of thiophene rings is 1. The number of nitrogens with zero attached hydrogens (tertiary/aromatic N) is 1. The van der Waals surface area contributed by atoms with Crippen molar-refractivity contribution in [2.45, 2.75) is 45.4 Å². The number of amides is 2. The van der Waals surface area contributed by atoms with Crippen LogP contribution in [0.25, 0.3) is 11.1 Å². The number of hydrogen-bond acceptors (Lipinski definition) is 5. The minimum Gasteiger partial charge on any atom is -0.441 e. The summed E-state index contributed by atoms with van der Waals surface area (Å²) in [6.07, 6.45) is 5.02. The third-order valence-electron chi connectivity index (χ3n) is 5.21. The molecule has 3 aromatic rings. The van der Waals surface area contributed by atoms with Gasteiger partial charge in [0.05, 0.1) is 4.88 Å². The van der Waals surface area contributed by atoms with Crippen molar-refractivity contribution in [2.24, 2.45) is 5.92 Å². The van der Waals surface area contributed by atoms with Crippen LogP contribution in [0.2, 0.25) is 0 Å². The Bertz CT molecular complexity index is 974. The van der Waals surface area contributed by atoms with Gasteiger partial charge in [-0.25, -0.2) is 4.98 Å². The Balaban J connectivity index is 1.27. The van der Waals surface area contributed by atoms with Crippen LogP contribution in [0.15, 0.2) is 34.7 Å². The monoisotopic (exact) mass is 397 g/mol. The van der Waals surface area contributed by atoms with Crippen molar-refractivity contribution in [3.05, 3.63) is 51.5 Å². The second-order valence-corrected chi connectivity index (χ2v) is 8.29. The lowest BCUT2D eigenvalue weighted by molar-refractivity contribution is -0.121. The van der Waals surface area contributed by atoms with Gasteiger partial charge in [0, 0.05) is 17.7 Å². The molecule has 6 nitrogen and oxygen atoms in total. The normalized spacial score (nSPS) is 16.0. The Labute approximate surface area is 167 Å². The summed E-state index contributed by atoms with van der Waals surface area (Å²) < 4.78 is 5.60. The van der Waals surface area contributed by atoms with Gasteiger partial charge in [0.1, 0.15) is 5.52 Å². The minimum absolute atomic E-state index is 0.187. The summed E-state index contributed by atoms with van der Waals surface area (Å²) in [4.78, 5) is 30.7. The molecular weight excluding hydrogens is 374 g/mol. The fourth-order valence-electron chi connectivity index (χ4n) is 3.56. The lowest BCUT2D eigenvalue weighted by atomic mass is 9.87. The summed E-state index contributed by atoms with van der Waals surface area (Å²) in [5.74, 6) is 0.689. The molecular formula is C21H23N3O3S. The van der Waals surface area contributed by atoms with Crippen molar-refractivity contribution in [1.29, 1.82) is 0 Å². The molecule has 2 aromatic heterocycles. The predicted octanol–water partition coefficient (Wildman–Crippen LogP) is 3.80. The van der Waals surface area contributed by atoms with Crippen LogP contribution in [-0.2, 0) is 24.1 Å². The van der Waals surface area contributed by atoms with Gasteiger partial charge in [-0.1, -0.05) is 25.5 Å². The zero-order valence-corrected chi connectivity index (χ0v) is 16.6. The number of fused-ring (bicyclic) bond motifs is 2. The van der Waals surface area contributed by atoms with E-state index in [0.717, 1.165) is 18.4 Å². The molecule has 2 amide bonds. The maximum absolute atomic E-state index is 12.4. The van der Waals surface area contributed by atoms with Crippen LogP contribution in [0.4, 0.5) is 0 Å². The highest BCUT2D eigenvalue weighted by Crippen LogP contribution is 2.33. The SMILES string of the molecule is CC[C@@H]1CCc2sc(C(=O)NNC(=O)CCc3nc4ccccc4o3)cc2C1. The Hall–Kier alpha value is -2.67. The fraction of sp³-hybridized carbons (Fsp3) is 0.381. The molecule has 1 aromatic carbocycles. The summed E-state index contributed by atoms with van der Waals surface area (Å²) in [5, 5.41) is 0. The summed E-state index contributed by atoms with van der Waals surface area (Å²) in [6, 6.07) is 9.45. The molecule has 146 valence electrons. The van der Waals surface area contributed by atoms with Crippen LogP contribution in [0, 0.1) is 5.92 Å². The standard InChI is InChI=1S/C21H23N3O3S/c1-2-13-7-8-17-14(11-13)12-18(28-17)21(26)24-23-19(25)9-10-20-22-15-5-3-4-6-16(15)27-20/h3-6,12-13H,2,7-11H2,1H3,(H,23,25)(H,24,26)/t13-/m1/s1. The Kier molecular flexibility index (Phi) is 5.43. The Morgan fingerprint density at radius 1 is 1.29 bits per heavy atom. The van der Waals surface area contributed by atoms with E-state index in [1.807, 2.05) is 30.3 Å². The van der Waals surface area contributed by atoms with Gasteiger partial charge in [-0.3, -0.25) is 20.4 Å². The summed E-state index contributed by atoms with van der Waals surface area (Å²) >= 11 is 1.53. The average Bonchev–Trinajstić information content (AvgIpc) is 3.33. The van der Waals surface area contributed by atoms with Crippen molar-refractivity contribution in [3.8, 4) is 0 Å². The quantitative estimate of drug-likeness (QED) is 0.642. The lowest BCUT2D eigenvalue weighted by Crippen LogP contribution is -2.41. The zero-order chi connectivity index (χ0) is 19.5. The van der Waals surface area contributed by atoms with Crippen LogP contribution in [0.1, 0.15) is 52.2 Å². The highest BCUT2D eigenvalue weighted by atomic mass is 32.1. The van der Waals surface area contributed by atoms with Gasteiger partial charge in [0.25, 0.3) is 5.91 Å². The van der Waals surface area contributed by atoms with E-state index >= 15 is 0 Å². The van der Waals surface area contributed by atoms with E-state index in [-0.39, 0.29) is 18.2 Å². The number of aromatic nitrogens is 1. The summed E-state index contributed by atoms with van der Waals surface area (Å²) in [7, 11) is 0. The molecule has 0 fully saturated rings. The van der Waals surface area contributed by atoms with Gasteiger partial charge < -0.3 is 4.42 Å². The number of para-hydroxylation sites is 2. The molecule has 2 N–H and O–H groups in total. The van der Waals surface area contributed by atoms with Crippen LogP contribution in [0.5, 0.6) is 0 Å². The second kappa shape index (κ2) is 8.14. The molecule has 1 atom stereocenters. The number of benzene rings is 1. The summed E-state index contributed by atoms with van der Waals surface area (Å²) in [6.45, 7) is 2.21. The smallest absolute Gasteiger partial charge is 0.279 e. The molecule has 2 heterocycles. The van der Waals surface area contributed by atoms with Gasteiger partial charge in [-0.15, -0.1) is 11.3 Å². The zero-order valence-electron chi connectivity index (χ0n) is 15.8. The molecule has 0 bridgehead atoms. The van der Waals surface area contributed by atoms with E-state index in [9.17, 15) is 9.59 Å². The van der Waals surface area contributed by atoms with Crippen LogP contribution in [0.3, 0.4) is 0 Å². The van der Waals surface area contributed by atoms with Crippen molar-refractivity contribution in [2.75, 3.05) is 0 Å². The van der Waals surface area contributed by atoms with Crippen molar-refractivity contribution in [3.63, 3.8) is 0 Å². The highest BCUT2D eigenvalue weighted by molar-refractivity contribution is 7.14. The minimum atomic E-state index is -0.275. The Morgan fingerprint density at radius 3 is 2.96 bits per heavy atom. The first-order valence-electron chi connectivity index (χ1n) is 9.67. The predicted molar refractivity (Wildman–Crippen MR) is 108 cm³/mol. The molecule has 0 radical (unpaired) electrons. The van der Waals surface area contributed by atoms with Crippen molar-refractivity contribution in [1.82, 2.24) is 15.8 Å². The van der Waals surface area contributed by atoms with Crippen LogP contribution >= 0.6 is 11.3 Å². The van der Waals surface area contributed by atoms with E-state index in [1.165, 1.54) is 34.6 Å². The first-order valence-corrected chi connectivity index (χ1v) is 10.5. The number of carbonyl (C=O) groups is 2. The van der Waals surface area contributed by atoms with E-state index < -0.39 is 0 Å². The number of nitrogens with one attached hydrogen (secondary N) is 2. The molecule has 0 saturated carbocycles. The van der Waals surface area contributed by atoms with E-state index in [2.05, 4.69) is 22.8 Å². The lowest BCUT2D eigenvalue weighted by Gasteiger charge is -2.19. The largest absolute Gasteiger partial charge is 0.441 e. The molecule has 28 heavy (non-hydrogen) atoms. The fourth-order valence-corrected chi connectivity index (χ4v) is 4.66. The molecule has 0 spiro atoms. The number of hydrazine groups is 1. The molecule has 0 saturated heterocycles. The Morgan fingerprint density at radius 2 is 2.14 bits per heavy atom. The van der Waals surface area contributed by atoms with Gasteiger partial charge in [0.15, 0.2) is 11.5 Å². The maximum atomic E-state index is 12.4. The van der Waals surface area contributed by atoms with Gasteiger partial charge in [0.2, 0.25) is 5.91 Å². The van der Waals surface area contributed by atoms with Gasteiger partial charge in [-0.05, 0) is 48.9 Å². The number of rotatable bonds is 5. The molecule has 1 aliphatic carbocycles. The molecule has 1 aliphatic rings. The first-order chi connectivity index (χ1) is 13.6. The van der Waals surface area contributed by atoms with Crippen LogP contribution < -0.4 is 10.9 Å². The van der Waals surface area contributed by atoms with E-state index in [4.69, 9.17) is 4.42 Å². The van der Waals surface area contributed by atoms with Crippen molar-refractivity contribution < 1.29 is 14.0 Å². The van der Waals surface area contributed by atoms with Gasteiger partial charge >= 0.3 is 0 Å². The number of oxazole rings is 1.